The molecule has 0 radical (unpaired) electrons. The van der Waals surface area contributed by atoms with E-state index < -0.39 is 0 Å². The highest BCUT2D eigenvalue weighted by Gasteiger charge is 2.38. The predicted octanol–water partition coefficient (Wildman–Crippen LogP) is 16.1. The van der Waals surface area contributed by atoms with Crippen molar-refractivity contribution in [2.24, 2.45) is 0 Å². The largest absolute Gasteiger partial charge is 0.456 e. The van der Waals surface area contributed by atoms with E-state index in [0.717, 1.165) is 16.6 Å². The van der Waals surface area contributed by atoms with Crippen molar-refractivity contribution in [1.29, 1.82) is 0 Å². The molecule has 0 atom stereocenters. The smallest absolute Gasteiger partial charge is 0.136 e. The van der Waals surface area contributed by atoms with Crippen LogP contribution in [0.15, 0.2) is 186 Å². The maximum Gasteiger partial charge on any atom is 0.136 e. The summed E-state index contributed by atoms with van der Waals surface area (Å²) in [6, 6.07) is 67.6. The summed E-state index contributed by atoms with van der Waals surface area (Å²) in [5, 5.41) is 17.6. The first-order valence-electron chi connectivity index (χ1n) is 20.3. The molecule has 270 valence electrons. The van der Waals surface area contributed by atoms with Gasteiger partial charge in [0.15, 0.2) is 0 Å². The molecule has 0 N–H and O–H groups in total. The van der Waals surface area contributed by atoms with Crippen molar-refractivity contribution in [2.75, 3.05) is 0 Å². The highest BCUT2D eigenvalue weighted by molar-refractivity contribution is 6.25. The van der Waals surface area contributed by atoms with E-state index in [-0.39, 0.29) is 5.41 Å². The number of hydrogen-bond donors (Lipinski definition) is 0. The summed E-state index contributed by atoms with van der Waals surface area (Å²) in [6.07, 6.45) is 0. The minimum Gasteiger partial charge on any atom is -0.456 e. The van der Waals surface area contributed by atoms with E-state index in [1.165, 1.54) is 115 Å². The van der Waals surface area contributed by atoms with E-state index in [9.17, 15) is 0 Å². The van der Waals surface area contributed by atoms with E-state index in [1.54, 1.807) is 0 Å². The second-order valence-corrected chi connectivity index (χ2v) is 16.7. The van der Waals surface area contributed by atoms with Crippen LogP contribution in [-0.2, 0) is 5.41 Å². The summed E-state index contributed by atoms with van der Waals surface area (Å²) >= 11 is 0. The van der Waals surface area contributed by atoms with Crippen LogP contribution < -0.4 is 0 Å². The summed E-state index contributed by atoms with van der Waals surface area (Å²) in [6.45, 7) is 4.83. The zero-order chi connectivity index (χ0) is 38.3. The van der Waals surface area contributed by atoms with Crippen LogP contribution in [0.2, 0.25) is 0 Å². The third-order valence-corrected chi connectivity index (χ3v) is 13.3. The molecule has 0 fully saturated rings. The Hall–Kier alpha value is -7.22. The number of benzene rings is 11. The molecule has 0 bridgehead atoms. The van der Waals surface area contributed by atoms with Crippen molar-refractivity contribution in [3.63, 3.8) is 0 Å². The molecule has 0 amide bonds. The highest BCUT2D eigenvalue weighted by Crippen LogP contribution is 2.56. The molecule has 0 aliphatic heterocycles. The van der Waals surface area contributed by atoms with Crippen LogP contribution in [0, 0.1) is 0 Å². The molecule has 0 spiro atoms. The second kappa shape index (κ2) is 11.4. The highest BCUT2D eigenvalue weighted by atomic mass is 16.3. The van der Waals surface area contributed by atoms with E-state index in [0.29, 0.717) is 0 Å². The standard InChI is InChI=1S/C57H36O/c1-57(2)49-32-35-15-4-3-14-34(35)29-47(49)55-40-18-8-7-17-39(40)46-30-36(23-26-45(46)56(55)57)52-41-19-9-11-21-43(41)53(44-22-12-10-20-42(44)52)37-25-27-50-48(31-37)54-38-16-6-5-13-33(38)24-28-51(54)58-50/h3-32H,1-2H3. The molecule has 1 nitrogen and oxygen atoms in total. The van der Waals surface area contributed by atoms with Gasteiger partial charge in [0.25, 0.3) is 0 Å². The van der Waals surface area contributed by atoms with Gasteiger partial charge in [-0.3, -0.25) is 0 Å². The van der Waals surface area contributed by atoms with Crippen molar-refractivity contribution in [3.05, 3.63) is 193 Å². The van der Waals surface area contributed by atoms with Crippen LogP contribution >= 0.6 is 0 Å². The quantitative estimate of drug-likeness (QED) is 0.127. The normalized spacial score (nSPS) is 13.5. The van der Waals surface area contributed by atoms with Crippen molar-refractivity contribution in [3.8, 4) is 33.4 Å². The third kappa shape index (κ3) is 4.20. The summed E-state index contributed by atoms with van der Waals surface area (Å²) in [5.74, 6) is 0. The SMILES string of the molecule is CC1(C)c2cc3ccccc3cc2-c2c1c1ccc(-c3c4ccccc4c(-c4ccc5oc6ccc7ccccc7c6c5c4)c4ccccc34)cc1c1ccccc21. The molecule has 0 saturated heterocycles. The first-order chi connectivity index (χ1) is 28.5. The van der Waals surface area contributed by atoms with E-state index >= 15 is 0 Å². The van der Waals surface area contributed by atoms with Crippen LogP contribution in [0.25, 0.3) is 120 Å². The summed E-state index contributed by atoms with van der Waals surface area (Å²) in [5.41, 5.74) is 12.2. The molecule has 1 aliphatic carbocycles. The van der Waals surface area contributed by atoms with Crippen LogP contribution in [-0.4, -0.2) is 0 Å². The molecule has 1 heterocycles. The monoisotopic (exact) mass is 736 g/mol. The lowest BCUT2D eigenvalue weighted by Crippen LogP contribution is -2.15. The average molecular weight is 737 g/mol. The Morgan fingerprint density at radius 2 is 0.845 bits per heavy atom. The molecule has 11 aromatic carbocycles. The molecular weight excluding hydrogens is 701 g/mol. The molecule has 0 saturated carbocycles. The van der Waals surface area contributed by atoms with Gasteiger partial charge in [0.1, 0.15) is 11.2 Å². The van der Waals surface area contributed by atoms with Gasteiger partial charge < -0.3 is 4.42 Å². The average Bonchev–Trinajstić information content (AvgIpc) is 3.76. The maximum absolute atomic E-state index is 6.45. The van der Waals surface area contributed by atoms with Crippen molar-refractivity contribution in [1.82, 2.24) is 0 Å². The number of fused-ring (bicyclic) bond motifs is 16. The fourth-order valence-corrected chi connectivity index (χ4v) is 10.8. The van der Waals surface area contributed by atoms with Gasteiger partial charge in [-0.15, -0.1) is 0 Å². The predicted molar refractivity (Wildman–Crippen MR) is 247 cm³/mol. The molecule has 0 unspecified atom stereocenters. The van der Waals surface area contributed by atoms with Crippen molar-refractivity contribution >= 4 is 86.6 Å². The molecule has 1 aliphatic rings. The third-order valence-electron chi connectivity index (χ3n) is 13.3. The number of rotatable bonds is 2. The van der Waals surface area contributed by atoms with Gasteiger partial charge in [-0.2, -0.15) is 0 Å². The lowest BCUT2D eigenvalue weighted by Gasteiger charge is -2.25. The van der Waals surface area contributed by atoms with E-state index in [4.69, 9.17) is 4.42 Å². The minimum atomic E-state index is -0.159. The molecular formula is C57H36O. The number of hydrogen-bond acceptors (Lipinski definition) is 1. The Kier molecular flexibility index (Phi) is 6.29. The van der Waals surface area contributed by atoms with Gasteiger partial charge in [-0.05, 0) is 146 Å². The number of furan rings is 1. The Morgan fingerprint density at radius 3 is 1.50 bits per heavy atom. The second-order valence-electron chi connectivity index (χ2n) is 16.7. The van der Waals surface area contributed by atoms with Gasteiger partial charge in [0.05, 0.1) is 0 Å². The first-order valence-corrected chi connectivity index (χ1v) is 20.3. The Balaban J connectivity index is 1.08. The van der Waals surface area contributed by atoms with Crippen molar-refractivity contribution in [2.45, 2.75) is 19.3 Å². The fraction of sp³-hybridized carbons (Fsp3) is 0.0526. The van der Waals surface area contributed by atoms with Crippen LogP contribution in [0.1, 0.15) is 25.0 Å². The zero-order valence-electron chi connectivity index (χ0n) is 32.2. The van der Waals surface area contributed by atoms with Crippen LogP contribution in [0.5, 0.6) is 0 Å². The van der Waals surface area contributed by atoms with E-state index in [1.807, 2.05) is 0 Å². The Bertz CT molecular complexity index is 3710. The lowest BCUT2D eigenvalue weighted by molar-refractivity contribution is 0.667. The maximum atomic E-state index is 6.45. The molecule has 13 rings (SSSR count). The summed E-state index contributed by atoms with van der Waals surface area (Å²) in [7, 11) is 0. The van der Waals surface area contributed by atoms with Gasteiger partial charge in [0, 0.05) is 16.2 Å². The lowest BCUT2D eigenvalue weighted by atomic mass is 9.78. The Morgan fingerprint density at radius 1 is 0.345 bits per heavy atom. The minimum absolute atomic E-state index is 0.159. The Labute approximate surface area is 335 Å². The summed E-state index contributed by atoms with van der Waals surface area (Å²) < 4.78 is 6.45. The van der Waals surface area contributed by atoms with Crippen LogP contribution in [0.3, 0.4) is 0 Å². The first kappa shape index (κ1) is 31.9. The fourth-order valence-electron chi connectivity index (χ4n) is 10.8. The molecule has 1 aromatic heterocycles. The topological polar surface area (TPSA) is 13.1 Å². The van der Waals surface area contributed by atoms with Crippen molar-refractivity contribution < 1.29 is 4.42 Å². The van der Waals surface area contributed by atoms with Crippen LogP contribution in [0.4, 0.5) is 0 Å². The molecule has 12 aromatic rings. The van der Waals surface area contributed by atoms with Gasteiger partial charge >= 0.3 is 0 Å². The van der Waals surface area contributed by atoms with E-state index in [2.05, 4.69) is 196 Å². The molecule has 58 heavy (non-hydrogen) atoms. The zero-order valence-corrected chi connectivity index (χ0v) is 32.2. The van der Waals surface area contributed by atoms with Gasteiger partial charge in [-0.25, -0.2) is 0 Å². The van der Waals surface area contributed by atoms with Gasteiger partial charge in [-0.1, -0.05) is 159 Å². The molecule has 1 heteroatoms. The van der Waals surface area contributed by atoms with Gasteiger partial charge in [0.2, 0.25) is 0 Å². The summed E-state index contributed by atoms with van der Waals surface area (Å²) in [4.78, 5) is 0.